The van der Waals surface area contributed by atoms with Gasteiger partial charge in [0.1, 0.15) is 6.04 Å². The lowest BCUT2D eigenvalue weighted by molar-refractivity contribution is -0.147. The third kappa shape index (κ3) is 2.98. The molecule has 0 bridgehead atoms. The lowest BCUT2D eigenvalue weighted by Gasteiger charge is -2.39. The van der Waals surface area contributed by atoms with Crippen molar-refractivity contribution in [2.75, 3.05) is 6.54 Å². The molecule has 5 nitrogen and oxygen atoms in total. The highest BCUT2D eigenvalue weighted by Gasteiger charge is 2.39. The highest BCUT2D eigenvalue weighted by molar-refractivity contribution is 5.95. The number of pyridine rings is 1. The molecule has 0 saturated carbocycles. The first-order chi connectivity index (χ1) is 9.29. The Bertz CT molecular complexity index is 534. The summed E-state index contributed by atoms with van der Waals surface area (Å²) < 4.78 is 0. The molecule has 0 spiro atoms. The maximum absolute atomic E-state index is 12.5. The second-order valence-electron chi connectivity index (χ2n) is 6.36. The lowest BCUT2D eigenvalue weighted by Crippen LogP contribution is -2.61. The summed E-state index contributed by atoms with van der Waals surface area (Å²) >= 11 is 0. The number of rotatable bonds is 2. The number of hydrogen-bond donors (Lipinski definition) is 1. The maximum atomic E-state index is 12.5. The van der Waals surface area contributed by atoms with Gasteiger partial charge in [-0.2, -0.15) is 0 Å². The van der Waals surface area contributed by atoms with Crippen LogP contribution in [0.5, 0.6) is 0 Å². The molecule has 0 radical (unpaired) electrons. The minimum absolute atomic E-state index is 0.0201. The number of aromatic nitrogens is 1. The third-order valence-corrected chi connectivity index (χ3v) is 3.56. The van der Waals surface area contributed by atoms with E-state index in [1.165, 1.54) is 0 Å². The molecule has 0 aliphatic carbocycles. The molecule has 20 heavy (non-hydrogen) atoms. The van der Waals surface area contributed by atoms with Crippen molar-refractivity contribution < 1.29 is 9.59 Å². The number of amides is 2. The van der Waals surface area contributed by atoms with Crippen molar-refractivity contribution in [2.24, 2.45) is 5.41 Å². The van der Waals surface area contributed by atoms with E-state index in [2.05, 4.69) is 10.3 Å². The zero-order valence-electron chi connectivity index (χ0n) is 12.4. The fourth-order valence-corrected chi connectivity index (χ4v) is 2.31. The SMILES string of the molecule is Cc1cnccc1CN1CC(=O)NC(C(C)(C)C)C1=O. The molecule has 1 fully saturated rings. The van der Waals surface area contributed by atoms with Crippen LogP contribution in [0.25, 0.3) is 0 Å². The molecule has 1 aliphatic rings. The Morgan fingerprint density at radius 1 is 1.40 bits per heavy atom. The van der Waals surface area contributed by atoms with Gasteiger partial charge in [-0.3, -0.25) is 14.6 Å². The van der Waals surface area contributed by atoms with E-state index in [1.54, 1.807) is 17.3 Å². The molecule has 1 unspecified atom stereocenters. The molecular weight excluding hydrogens is 254 g/mol. The van der Waals surface area contributed by atoms with Crippen molar-refractivity contribution in [2.45, 2.75) is 40.3 Å². The van der Waals surface area contributed by atoms with Crippen LogP contribution in [0.1, 0.15) is 31.9 Å². The summed E-state index contributed by atoms with van der Waals surface area (Å²) in [5.74, 6) is -0.121. The van der Waals surface area contributed by atoms with Crippen LogP contribution in [0, 0.1) is 12.3 Å². The normalized spacial score (nSPS) is 20.0. The number of nitrogens with one attached hydrogen (secondary N) is 1. The van der Waals surface area contributed by atoms with Crippen LogP contribution in [-0.4, -0.2) is 34.3 Å². The van der Waals surface area contributed by atoms with Crippen LogP contribution >= 0.6 is 0 Å². The zero-order chi connectivity index (χ0) is 14.9. The highest BCUT2D eigenvalue weighted by atomic mass is 16.2. The van der Waals surface area contributed by atoms with Crippen LogP contribution in [0.3, 0.4) is 0 Å². The summed E-state index contributed by atoms with van der Waals surface area (Å²) in [6, 6.07) is 1.42. The predicted octanol–water partition coefficient (Wildman–Crippen LogP) is 1.26. The Morgan fingerprint density at radius 2 is 2.10 bits per heavy atom. The molecule has 2 heterocycles. The monoisotopic (exact) mass is 275 g/mol. The molecule has 1 N–H and O–H groups in total. The summed E-state index contributed by atoms with van der Waals surface area (Å²) in [5, 5.41) is 2.79. The summed E-state index contributed by atoms with van der Waals surface area (Å²) in [6.45, 7) is 8.39. The van der Waals surface area contributed by atoms with E-state index in [0.29, 0.717) is 6.54 Å². The minimum atomic E-state index is -0.467. The van der Waals surface area contributed by atoms with Crippen molar-refractivity contribution >= 4 is 11.8 Å². The second-order valence-corrected chi connectivity index (χ2v) is 6.36. The van der Waals surface area contributed by atoms with E-state index in [-0.39, 0.29) is 23.8 Å². The quantitative estimate of drug-likeness (QED) is 0.884. The van der Waals surface area contributed by atoms with Gasteiger partial charge in [0.25, 0.3) is 0 Å². The van der Waals surface area contributed by atoms with E-state index < -0.39 is 6.04 Å². The second kappa shape index (κ2) is 5.23. The van der Waals surface area contributed by atoms with E-state index in [0.717, 1.165) is 11.1 Å². The molecule has 0 aromatic carbocycles. The Hall–Kier alpha value is -1.91. The van der Waals surface area contributed by atoms with Crippen LogP contribution in [0.4, 0.5) is 0 Å². The van der Waals surface area contributed by atoms with Crippen LogP contribution < -0.4 is 5.32 Å². The lowest BCUT2D eigenvalue weighted by atomic mass is 9.84. The van der Waals surface area contributed by atoms with Gasteiger partial charge < -0.3 is 10.2 Å². The number of carbonyl (C=O) groups is 2. The minimum Gasteiger partial charge on any atom is -0.342 e. The van der Waals surface area contributed by atoms with Gasteiger partial charge >= 0.3 is 0 Å². The molecule has 1 aliphatic heterocycles. The van der Waals surface area contributed by atoms with E-state index in [9.17, 15) is 9.59 Å². The first kappa shape index (κ1) is 14.5. The van der Waals surface area contributed by atoms with Gasteiger partial charge in [0.2, 0.25) is 11.8 Å². The number of aryl methyl sites for hydroxylation is 1. The average Bonchev–Trinajstić information content (AvgIpc) is 2.34. The average molecular weight is 275 g/mol. The Morgan fingerprint density at radius 3 is 2.70 bits per heavy atom. The van der Waals surface area contributed by atoms with Crippen LogP contribution in [0.15, 0.2) is 18.5 Å². The number of carbonyl (C=O) groups excluding carboxylic acids is 2. The predicted molar refractivity (Wildman–Crippen MR) is 75.8 cm³/mol. The summed E-state index contributed by atoms with van der Waals surface area (Å²) in [4.78, 5) is 30.0. The first-order valence-corrected chi connectivity index (χ1v) is 6.76. The third-order valence-electron chi connectivity index (χ3n) is 3.56. The molecule has 1 aromatic rings. The van der Waals surface area contributed by atoms with Crippen molar-refractivity contribution in [1.82, 2.24) is 15.2 Å². The summed E-state index contributed by atoms with van der Waals surface area (Å²) in [7, 11) is 0. The smallest absolute Gasteiger partial charge is 0.246 e. The van der Waals surface area contributed by atoms with Gasteiger partial charge in [0, 0.05) is 18.9 Å². The summed E-state index contributed by atoms with van der Waals surface area (Å²) in [5.41, 5.74) is 1.76. The van der Waals surface area contributed by atoms with Gasteiger partial charge in [-0.05, 0) is 29.5 Å². The van der Waals surface area contributed by atoms with Crippen molar-refractivity contribution in [1.29, 1.82) is 0 Å². The fraction of sp³-hybridized carbons (Fsp3) is 0.533. The fourth-order valence-electron chi connectivity index (χ4n) is 2.31. The number of hydrogen-bond acceptors (Lipinski definition) is 3. The van der Waals surface area contributed by atoms with Gasteiger partial charge in [-0.15, -0.1) is 0 Å². The first-order valence-electron chi connectivity index (χ1n) is 6.76. The van der Waals surface area contributed by atoms with Gasteiger partial charge in [0.05, 0.1) is 6.54 Å². The summed E-state index contributed by atoms with van der Waals surface area (Å²) in [6.07, 6.45) is 3.48. The Balaban J connectivity index is 2.21. The Kier molecular flexibility index (Phi) is 3.79. The molecule has 1 aromatic heterocycles. The Labute approximate surface area is 119 Å². The molecule has 5 heteroatoms. The van der Waals surface area contributed by atoms with Crippen LogP contribution in [0.2, 0.25) is 0 Å². The molecule has 2 rings (SSSR count). The molecule has 1 atom stereocenters. The molecule has 108 valence electrons. The van der Waals surface area contributed by atoms with E-state index in [1.807, 2.05) is 33.8 Å². The van der Waals surface area contributed by atoms with Crippen molar-refractivity contribution in [3.8, 4) is 0 Å². The van der Waals surface area contributed by atoms with Crippen LogP contribution in [-0.2, 0) is 16.1 Å². The number of piperazine rings is 1. The standard InChI is InChI=1S/C15H21N3O2/c1-10-7-16-6-5-11(10)8-18-9-12(19)17-13(14(18)20)15(2,3)4/h5-7,13H,8-9H2,1-4H3,(H,17,19). The van der Waals surface area contributed by atoms with E-state index in [4.69, 9.17) is 0 Å². The molecular formula is C15H21N3O2. The molecule has 2 amide bonds. The zero-order valence-corrected chi connectivity index (χ0v) is 12.4. The van der Waals surface area contributed by atoms with Gasteiger partial charge in [-0.25, -0.2) is 0 Å². The largest absolute Gasteiger partial charge is 0.342 e. The van der Waals surface area contributed by atoms with E-state index >= 15 is 0 Å². The van der Waals surface area contributed by atoms with Crippen molar-refractivity contribution in [3.05, 3.63) is 29.6 Å². The topological polar surface area (TPSA) is 62.3 Å². The highest BCUT2D eigenvalue weighted by Crippen LogP contribution is 2.24. The van der Waals surface area contributed by atoms with Crippen molar-refractivity contribution in [3.63, 3.8) is 0 Å². The van der Waals surface area contributed by atoms with Gasteiger partial charge in [0.15, 0.2) is 0 Å². The number of nitrogens with zero attached hydrogens (tertiary/aromatic N) is 2. The molecule has 1 saturated heterocycles. The van der Waals surface area contributed by atoms with Gasteiger partial charge in [-0.1, -0.05) is 20.8 Å². The maximum Gasteiger partial charge on any atom is 0.246 e.